The summed E-state index contributed by atoms with van der Waals surface area (Å²) in [6, 6.07) is 6.86. The van der Waals surface area contributed by atoms with Gasteiger partial charge < -0.3 is 10.6 Å². The van der Waals surface area contributed by atoms with Gasteiger partial charge in [-0.3, -0.25) is 4.90 Å². The molecule has 114 valence electrons. The molecule has 0 bridgehead atoms. The molecule has 1 unspecified atom stereocenters. The number of hydrogen-bond donors (Lipinski definition) is 1. The third kappa shape index (κ3) is 3.41. The third-order valence-electron chi connectivity index (χ3n) is 4.64. The van der Waals surface area contributed by atoms with Gasteiger partial charge in [-0.15, -0.1) is 0 Å². The lowest BCUT2D eigenvalue weighted by atomic mass is 10.1. The minimum absolute atomic E-state index is 0.485. The summed E-state index contributed by atoms with van der Waals surface area (Å²) in [6.07, 6.45) is 5.34. The molecule has 0 aromatic heterocycles. The number of hydrogen-bond acceptors (Lipinski definition) is 3. The van der Waals surface area contributed by atoms with Gasteiger partial charge in [-0.1, -0.05) is 34.6 Å². The highest BCUT2D eigenvalue weighted by Gasteiger charge is 2.29. The zero-order valence-corrected chi connectivity index (χ0v) is 14.6. The van der Waals surface area contributed by atoms with Crippen LogP contribution in [0, 0.1) is 0 Å². The van der Waals surface area contributed by atoms with Gasteiger partial charge >= 0.3 is 0 Å². The van der Waals surface area contributed by atoms with E-state index >= 15 is 0 Å². The molecule has 2 fully saturated rings. The van der Waals surface area contributed by atoms with Crippen molar-refractivity contribution in [1.82, 2.24) is 4.90 Å². The highest BCUT2D eigenvalue weighted by molar-refractivity contribution is 9.10. The van der Waals surface area contributed by atoms with Crippen molar-refractivity contribution >= 4 is 38.8 Å². The van der Waals surface area contributed by atoms with E-state index in [1.807, 2.05) is 12.1 Å². The highest BCUT2D eigenvalue weighted by Crippen LogP contribution is 2.30. The molecule has 1 aromatic carbocycles. The number of benzene rings is 1. The van der Waals surface area contributed by atoms with Gasteiger partial charge in [0.25, 0.3) is 0 Å². The Labute approximate surface area is 140 Å². The van der Waals surface area contributed by atoms with Crippen LogP contribution >= 0.6 is 28.1 Å². The second-order valence-corrected chi connectivity index (χ2v) is 7.37. The fourth-order valence-electron chi connectivity index (χ4n) is 3.52. The molecule has 2 heterocycles. The van der Waals surface area contributed by atoms with E-state index in [0.717, 1.165) is 23.1 Å². The largest absolute Gasteiger partial charge is 0.389 e. The van der Waals surface area contributed by atoms with E-state index in [1.165, 1.54) is 44.5 Å². The van der Waals surface area contributed by atoms with Crippen LogP contribution in [0.1, 0.15) is 31.2 Å². The topological polar surface area (TPSA) is 32.5 Å². The van der Waals surface area contributed by atoms with Gasteiger partial charge in [0.15, 0.2) is 0 Å². The highest BCUT2D eigenvalue weighted by atomic mass is 79.9. The van der Waals surface area contributed by atoms with Crippen molar-refractivity contribution in [2.45, 2.75) is 31.7 Å². The molecule has 2 aliphatic heterocycles. The van der Waals surface area contributed by atoms with Gasteiger partial charge in [-0.2, -0.15) is 0 Å². The zero-order chi connectivity index (χ0) is 14.8. The van der Waals surface area contributed by atoms with E-state index in [2.05, 4.69) is 31.8 Å². The molecule has 5 heteroatoms. The van der Waals surface area contributed by atoms with Crippen LogP contribution in [-0.4, -0.2) is 42.1 Å². The molecule has 0 aliphatic carbocycles. The summed E-state index contributed by atoms with van der Waals surface area (Å²) >= 11 is 8.77. The van der Waals surface area contributed by atoms with Crippen LogP contribution in [0.4, 0.5) is 5.69 Å². The Balaban J connectivity index is 1.76. The van der Waals surface area contributed by atoms with E-state index in [-0.39, 0.29) is 0 Å². The molecule has 2 saturated heterocycles. The molecule has 0 saturated carbocycles. The van der Waals surface area contributed by atoms with Gasteiger partial charge in [-0.05, 0) is 50.6 Å². The maximum atomic E-state index is 5.89. The Morgan fingerprint density at radius 1 is 1.19 bits per heavy atom. The van der Waals surface area contributed by atoms with Crippen molar-refractivity contribution in [1.29, 1.82) is 0 Å². The van der Waals surface area contributed by atoms with E-state index in [4.69, 9.17) is 18.0 Å². The standard InChI is InChI=1S/C16H22BrN3S/c17-12-4-5-14(16(18)21)15(10-12)20-9-6-13(11-20)19-7-2-1-3-8-19/h4-5,10,13H,1-3,6-9,11H2,(H2,18,21). The first kappa shape index (κ1) is 15.3. The predicted octanol–water partition coefficient (Wildman–Crippen LogP) is 3.15. The van der Waals surface area contributed by atoms with Gasteiger partial charge in [0.1, 0.15) is 4.99 Å². The second kappa shape index (κ2) is 6.63. The monoisotopic (exact) mass is 367 g/mol. The van der Waals surface area contributed by atoms with Crippen molar-refractivity contribution in [3.63, 3.8) is 0 Å². The molecular weight excluding hydrogens is 346 g/mol. The minimum atomic E-state index is 0.485. The van der Waals surface area contributed by atoms with Crippen molar-refractivity contribution in [2.75, 3.05) is 31.1 Å². The molecule has 1 aromatic rings. The lowest BCUT2D eigenvalue weighted by molar-refractivity contribution is 0.175. The Bertz CT molecular complexity index is 528. The average molecular weight is 368 g/mol. The lowest BCUT2D eigenvalue weighted by Crippen LogP contribution is -2.41. The van der Waals surface area contributed by atoms with Crippen LogP contribution < -0.4 is 10.6 Å². The van der Waals surface area contributed by atoms with Crippen LogP contribution in [-0.2, 0) is 0 Å². The Hall–Kier alpha value is -0.650. The number of anilines is 1. The molecule has 2 N–H and O–H groups in total. The number of nitrogens with zero attached hydrogens (tertiary/aromatic N) is 2. The summed E-state index contributed by atoms with van der Waals surface area (Å²) in [5.41, 5.74) is 8.06. The van der Waals surface area contributed by atoms with Gasteiger partial charge in [0.05, 0.1) is 0 Å². The number of rotatable bonds is 3. The number of likely N-dealkylation sites (tertiary alicyclic amines) is 1. The fraction of sp³-hybridized carbons (Fsp3) is 0.562. The summed E-state index contributed by atoms with van der Waals surface area (Å²) in [5, 5.41) is 0. The van der Waals surface area contributed by atoms with Crippen molar-refractivity contribution in [2.24, 2.45) is 5.73 Å². The van der Waals surface area contributed by atoms with Gasteiger partial charge in [0, 0.05) is 34.9 Å². The summed E-state index contributed by atoms with van der Waals surface area (Å²) in [4.78, 5) is 5.60. The Kier molecular flexibility index (Phi) is 4.82. The quantitative estimate of drug-likeness (QED) is 0.831. The van der Waals surface area contributed by atoms with Crippen molar-refractivity contribution in [3.05, 3.63) is 28.2 Å². The smallest absolute Gasteiger partial charge is 0.106 e. The van der Waals surface area contributed by atoms with E-state index in [0.29, 0.717) is 11.0 Å². The first-order chi connectivity index (χ1) is 10.1. The molecule has 0 amide bonds. The molecule has 2 aliphatic rings. The molecular formula is C16H22BrN3S. The average Bonchev–Trinajstić information content (AvgIpc) is 2.97. The summed E-state index contributed by atoms with van der Waals surface area (Å²) in [6.45, 7) is 4.71. The number of halogens is 1. The maximum Gasteiger partial charge on any atom is 0.106 e. The summed E-state index contributed by atoms with van der Waals surface area (Å²) in [5.74, 6) is 0. The van der Waals surface area contributed by atoms with Gasteiger partial charge in [0.2, 0.25) is 0 Å². The number of nitrogens with two attached hydrogens (primary N) is 1. The van der Waals surface area contributed by atoms with E-state index in [1.54, 1.807) is 0 Å². The SMILES string of the molecule is NC(=S)c1ccc(Br)cc1N1CCC(N2CCCCC2)C1. The van der Waals surface area contributed by atoms with Crippen LogP contribution in [0.5, 0.6) is 0 Å². The van der Waals surface area contributed by atoms with Crippen LogP contribution in [0.25, 0.3) is 0 Å². The molecule has 0 spiro atoms. The molecule has 1 atom stereocenters. The van der Waals surface area contributed by atoms with Crippen LogP contribution in [0.3, 0.4) is 0 Å². The first-order valence-electron chi connectivity index (χ1n) is 7.73. The van der Waals surface area contributed by atoms with E-state index < -0.39 is 0 Å². The fourth-order valence-corrected chi connectivity index (χ4v) is 4.04. The predicted molar refractivity (Wildman–Crippen MR) is 96.1 cm³/mol. The summed E-state index contributed by atoms with van der Waals surface area (Å²) in [7, 11) is 0. The minimum Gasteiger partial charge on any atom is -0.389 e. The van der Waals surface area contributed by atoms with Crippen LogP contribution in [0.2, 0.25) is 0 Å². The normalized spacial score (nSPS) is 23.5. The Morgan fingerprint density at radius 2 is 1.95 bits per heavy atom. The molecule has 3 rings (SSSR count). The lowest BCUT2D eigenvalue weighted by Gasteiger charge is -2.32. The molecule has 21 heavy (non-hydrogen) atoms. The second-order valence-electron chi connectivity index (χ2n) is 6.01. The third-order valence-corrected chi connectivity index (χ3v) is 5.35. The zero-order valence-electron chi connectivity index (χ0n) is 12.2. The Morgan fingerprint density at radius 3 is 2.67 bits per heavy atom. The van der Waals surface area contributed by atoms with E-state index in [9.17, 15) is 0 Å². The van der Waals surface area contributed by atoms with Crippen molar-refractivity contribution < 1.29 is 0 Å². The summed E-state index contributed by atoms with van der Waals surface area (Å²) < 4.78 is 1.08. The number of thiocarbonyl (C=S) groups is 1. The first-order valence-corrected chi connectivity index (χ1v) is 8.93. The molecule has 0 radical (unpaired) electrons. The van der Waals surface area contributed by atoms with Gasteiger partial charge in [-0.25, -0.2) is 0 Å². The maximum absolute atomic E-state index is 5.89. The van der Waals surface area contributed by atoms with Crippen LogP contribution in [0.15, 0.2) is 22.7 Å². The molecule has 3 nitrogen and oxygen atoms in total. The number of piperidine rings is 1. The van der Waals surface area contributed by atoms with Crippen molar-refractivity contribution in [3.8, 4) is 0 Å².